The first-order valence-electron chi connectivity index (χ1n) is 6.90. The number of amides is 1. The van der Waals surface area contributed by atoms with Crippen LogP contribution in [0.15, 0.2) is 0 Å². The molecule has 0 aromatic rings. The summed E-state index contributed by atoms with van der Waals surface area (Å²) in [5.41, 5.74) is 0. The number of hydrogen-bond donors (Lipinski definition) is 3. The number of carboxylic acid groups (broad SMARTS) is 1. The average molecular weight is 252 g/mol. The summed E-state index contributed by atoms with van der Waals surface area (Å²) in [5, 5.41) is 15.5. The Balaban J connectivity index is 1.67. The fraction of sp³-hybridized carbons (Fsp3) is 0.846. The highest BCUT2D eigenvalue weighted by Crippen LogP contribution is 2.48. The molecule has 5 atom stereocenters. The van der Waals surface area contributed by atoms with Gasteiger partial charge in [0.15, 0.2) is 0 Å². The molecule has 0 spiro atoms. The van der Waals surface area contributed by atoms with Crippen LogP contribution in [0.5, 0.6) is 0 Å². The molecule has 3 N–H and O–H groups in total. The number of carboxylic acids is 1. The summed E-state index contributed by atoms with van der Waals surface area (Å²) in [7, 11) is 0. The lowest BCUT2D eigenvalue weighted by molar-refractivity contribution is -0.144. The quantitative estimate of drug-likeness (QED) is 0.671. The van der Waals surface area contributed by atoms with Crippen molar-refractivity contribution in [3.63, 3.8) is 0 Å². The van der Waals surface area contributed by atoms with E-state index in [-0.39, 0.29) is 29.7 Å². The molecule has 1 amide bonds. The van der Waals surface area contributed by atoms with Gasteiger partial charge in [-0.15, -0.1) is 0 Å². The van der Waals surface area contributed by atoms with Crippen LogP contribution in [0, 0.1) is 23.7 Å². The van der Waals surface area contributed by atoms with Crippen molar-refractivity contribution < 1.29 is 14.7 Å². The minimum atomic E-state index is -0.739. The van der Waals surface area contributed by atoms with Gasteiger partial charge in [-0.1, -0.05) is 0 Å². The zero-order chi connectivity index (χ0) is 12.7. The average Bonchev–Trinajstić information content (AvgIpc) is 3.05. The van der Waals surface area contributed by atoms with Crippen molar-refractivity contribution in [2.45, 2.75) is 31.7 Å². The van der Waals surface area contributed by atoms with Crippen LogP contribution in [-0.4, -0.2) is 36.1 Å². The number of carbonyl (C=O) groups excluding carboxylic acids is 1. The Morgan fingerprint density at radius 2 is 1.94 bits per heavy atom. The van der Waals surface area contributed by atoms with Crippen LogP contribution >= 0.6 is 0 Å². The first kappa shape index (κ1) is 12.0. The molecule has 0 radical (unpaired) electrons. The van der Waals surface area contributed by atoms with Gasteiger partial charge in [0, 0.05) is 12.6 Å². The third-order valence-corrected chi connectivity index (χ3v) is 4.94. The number of nitrogens with one attached hydrogen (secondary N) is 2. The molecule has 100 valence electrons. The first-order valence-corrected chi connectivity index (χ1v) is 6.90. The van der Waals surface area contributed by atoms with Gasteiger partial charge >= 0.3 is 5.97 Å². The minimum Gasteiger partial charge on any atom is -0.481 e. The van der Waals surface area contributed by atoms with Crippen LogP contribution in [-0.2, 0) is 9.59 Å². The summed E-state index contributed by atoms with van der Waals surface area (Å²) in [5.74, 6) is -0.365. The Hall–Kier alpha value is -1.10. The van der Waals surface area contributed by atoms with E-state index in [0.29, 0.717) is 5.92 Å². The van der Waals surface area contributed by atoms with Gasteiger partial charge in [-0.2, -0.15) is 0 Å². The second-order valence-electron chi connectivity index (χ2n) is 5.92. The van der Waals surface area contributed by atoms with E-state index in [0.717, 1.165) is 38.8 Å². The topological polar surface area (TPSA) is 78.4 Å². The monoisotopic (exact) mass is 252 g/mol. The van der Waals surface area contributed by atoms with Crippen molar-refractivity contribution in [3.8, 4) is 0 Å². The summed E-state index contributed by atoms with van der Waals surface area (Å²) in [6, 6.07) is -0.130. The van der Waals surface area contributed by atoms with E-state index >= 15 is 0 Å². The summed E-state index contributed by atoms with van der Waals surface area (Å²) >= 11 is 0. The van der Waals surface area contributed by atoms with Crippen LogP contribution in [0.25, 0.3) is 0 Å². The molecule has 1 aliphatic heterocycles. The number of aliphatic carboxylic acids is 1. The van der Waals surface area contributed by atoms with Crippen molar-refractivity contribution in [2.75, 3.05) is 13.1 Å². The summed E-state index contributed by atoms with van der Waals surface area (Å²) < 4.78 is 0. The van der Waals surface area contributed by atoms with Gasteiger partial charge in [-0.3, -0.25) is 9.59 Å². The molecular formula is C13H20N2O3. The fourth-order valence-electron chi connectivity index (χ4n) is 4.01. The van der Waals surface area contributed by atoms with E-state index in [1.807, 2.05) is 0 Å². The van der Waals surface area contributed by atoms with Crippen molar-refractivity contribution in [1.82, 2.24) is 10.6 Å². The van der Waals surface area contributed by atoms with Gasteiger partial charge in [0.2, 0.25) is 5.91 Å². The number of carbonyl (C=O) groups is 2. The molecule has 3 aliphatic rings. The van der Waals surface area contributed by atoms with Gasteiger partial charge < -0.3 is 15.7 Å². The standard InChI is InChI=1S/C13H20N2O3/c16-12(9-3-4-14-6-9)15-11-8-2-1-7(5-8)10(11)13(17)18/h7-11,14H,1-6H2,(H,15,16)(H,17,18). The van der Waals surface area contributed by atoms with Crippen LogP contribution in [0.3, 0.4) is 0 Å². The molecule has 2 bridgehead atoms. The molecule has 0 aromatic heterocycles. The molecule has 0 aromatic carbocycles. The van der Waals surface area contributed by atoms with E-state index < -0.39 is 5.97 Å². The van der Waals surface area contributed by atoms with Crippen molar-refractivity contribution in [2.24, 2.45) is 23.7 Å². The fourth-order valence-corrected chi connectivity index (χ4v) is 4.01. The maximum Gasteiger partial charge on any atom is 0.308 e. The number of rotatable bonds is 3. The van der Waals surface area contributed by atoms with Gasteiger partial charge in [-0.05, 0) is 44.1 Å². The van der Waals surface area contributed by atoms with Crippen LogP contribution in [0.1, 0.15) is 25.7 Å². The predicted octanol–water partition coefficient (Wildman–Crippen LogP) is 0.211. The molecule has 5 unspecified atom stereocenters. The zero-order valence-electron chi connectivity index (χ0n) is 10.4. The van der Waals surface area contributed by atoms with E-state index in [4.69, 9.17) is 0 Å². The van der Waals surface area contributed by atoms with Crippen molar-refractivity contribution >= 4 is 11.9 Å². The van der Waals surface area contributed by atoms with Gasteiger partial charge in [0.25, 0.3) is 0 Å². The van der Waals surface area contributed by atoms with E-state index in [1.54, 1.807) is 0 Å². The van der Waals surface area contributed by atoms with Crippen LogP contribution in [0.2, 0.25) is 0 Å². The van der Waals surface area contributed by atoms with E-state index in [9.17, 15) is 14.7 Å². The molecule has 1 heterocycles. The van der Waals surface area contributed by atoms with Crippen LogP contribution < -0.4 is 10.6 Å². The van der Waals surface area contributed by atoms with Gasteiger partial charge in [0.05, 0.1) is 11.8 Å². The summed E-state index contributed by atoms with van der Waals surface area (Å²) in [6.07, 6.45) is 3.93. The highest BCUT2D eigenvalue weighted by molar-refractivity contribution is 5.81. The lowest BCUT2D eigenvalue weighted by Crippen LogP contribution is -2.48. The predicted molar refractivity (Wildman–Crippen MR) is 64.9 cm³/mol. The second-order valence-corrected chi connectivity index (χ2v) is 5.92. The highest BCUT2D eigenvalue weighted by Gasteiger charge is 2.51. The smallest absolute Gasteiger partial charge is 0.308 e. The molecule has 2 aliphatic carbocycles. The van der Waals surface area contributed by atoms with E-state index in [2.05, 4.69) is 10.6 Å². The van der Waals surface area contributed by atoms with Gasteiger partial charge in [-0.25, -0.2) is 0 Å². The van der Waals surface area contributed by atoms with Crippen LogP contribution in [0.4, 0.5) is 0 Å². The SMILES string of the molecule is O=C(NC1C2CCC(C2)C1C(=O)O)C1CCNC1. The number of fused-ring (bicyclic) bond motifs is 2. The Labute approximate surface area is 106 Å². The molecule has 5 heteroatoms. The Morgan fingerprint density at radius 1 is 1.17 bits per heavy atom. The second kappa shape index (κ2) is 4.53. The molecule has 1 saturated heterocycles. The normalized spacial score (nSPS) is 42.1. The lowest BCUT2D eigenvalue weighted by atomic mass is 9.84. The zero-order valence-corrected chi connectivity index (χ0v) is 10.4. The van der Waals surface area contributed by atoms with Crippen molar-refractivity contribution in [3.05, 3.63) is 0 Å². The number of hydrogen-bond acceptors (Lipinski definition) is 3. The molecule has 2 saturated carbocycles. The largest absolute Gasteiger partial charge is 0.481 e. The molecule has 3 fully saturated rings. The minimum absolute atomic E-state index is 0.0265. The molecule has 3 rings (SSSR count). The third-order valence-electron chi connectivity index (χ3n) is 4.94. The summed E-state index contributed by atoms with van der Waals surface area (Å²) in [6.45, 7) is 1.61. The van der Waals surface area contributed by atoms with Gasteiger partial charge in [0.1, 0.15) is 0 Å². The maximum absolute atomic E-state index is 12.1. The Morgan fingerprint density at radius 3 is 2.61 bits per heavy atom. The lowest BCUT2D eigenvalue weighted by Gasteiger charge is -2.29. The maximum atomic E-state index is 12.1. The first-order chi connectivity index (χ1) is 8.66. The summed E-state index contributed by atoms with van der Waals surface area (Å²) in [4.78, 5) is 23.4. The molecule has 5 nitrogen and oxygen atoms in total. The Bertz CT molecular complexity index is 365. The van der Waals surface area contributed by atoms with E-state index in [1.165, 1.54) is 0 Å². The Kier molecular flexibility index (Phi) is 3.01. The highest BCUT2D eigenvalue weighted by atomic mass is 16.4. The molecular weight excluding hydrogens is 232 g/mol. The molecule has 18 heavy (non-hydrogen) atoms. The van der Waals surface area contributed by atoms with Crippen molar-refractivity contribution in [1.29, 1.82) is 0 Å². The third kappa shape index (κ3) is 1.90.